The number of aromatic nitrogens is 2. The SMILES string of the molecule is Cn1c(N2CC[C@H](O)C2)nc2cc(C(=O)N3CCC4(CCCC4)C3)ccc21. The Hall–Kier alpha value is -2.08. The number of aliphatic hydroxyl groups is 1. The summed E-state index contributed by atoms with van der Waals surface area (Å²) in [7, 11) is 2.00. The molecule has 1 amide bonds. The summed E-state index contributed by atoms with van der Waals surface area (Å²) in [5, 5.41) is 9.82. The van der Waals surface area contributed by atoms with Crippen LogP contribution in [0.3, 0.4) is 0 Å². The van der Waals surface area contributed by atoms with Crippen LogP contribution in [0.25, 0.3) is 11.0 Å². The summed E-state index contributed by atoms with van der Waals surface area (Å²) < 4.78 is 2.06. The molecule has 3 fully saturated rings. The Morgan fingerprint density at radius 1 is 1.22 bits per heavy atom. The Morgan fingerprint density at radius 2 is 2.04 bits per heavy atom. The Bertz CT molecular complexity index is 884. The smallest absolute Gasteiger partial charge is 0.253 e. The first-order valence-electron chi connectivity index (χ1n) is 10.2. The van der Waals surface area contributed by atoms with Crippen molar-refractivity contribution in [3.63, 3.8) is 0 Å². The van der Waals surface area contributed by atoms with Crippen LogP contribution < -0.4 is 4.90 Å². The molecule has 144 valence electrons. The average molecular weight is 368 g/mol. The van der Waals surface area contributed by atoms with Gasteiger partial charge in [0.05, 0.1) is 17.1 Å². The Morgan fingerprint density at radius 3 is 2.78 bits per heavy atom. The van der Waals surface area contributed by atoms with E-state index in [9.17, 15) is 9.90 Å². The van der Waals surface area contributed by atoms with E-state index in [2.05, 4.69) is 9.47 Å². The minimum absolute atomic E-state index is 0.143. The number of rotatable bonds is 2. The van der Waals surface area contributed by atoms with E-state index in [4.69, 9.17) is 4.98 Å². The van der Waals surface area contributed by atoms with Crippen LogP contribution in [0.4, 0.5) is 5.95 Å². The third-order valence-corrected chi connectivity index (χ3v) is 6.94. The van der Waals surface area contributed by atoms with Crippen molar-refractivity contribution in [3.05, 3.63) is 23.8 Å². The van der Waals surface area contributed by atoms with Crippen molar-refractivity contribution >= 4 is 22.9 Å². The van der Waals surface area contributed by atoms with Gasteiger partial charge in [-0.1, -0.05) is 12.8 Å². The number of likely N-dealkylation sites (tertiary alicyclic amines) is 1. The normalized spacial score (nSPS) is 24.6. The Kier molecular flexibility index (Phi) is 3.93. The number of anilines is 1. The second-order valence-electron chi connectivity index (χ2n) is 8.75. The molecule has 2 aromatic rings. The van der Waals surface area contributed by atoms with E-state index in [1.165, 1.54) is 25.7 Å². The summed E-state index contributed by atoms with van der Waals surface area (Å²) in [6.45, 7) is 3.25. The summed E-state index contributed by atoms with van der Waals surface area (Å²) in [5.41, 5.74) is 3.02. The lowest BCUT2D eigenvalue weighted by atomic mass is 9.86. The predicted molar refractivity (Wildman–Crippen MR) is 105 cm³/mol. The lowest BCUT2D eigenvalue weighted by Gasteiger charge is -2.23. The van der Waals surface area contributed by atoms with Gasteiger partial charge >= 0.3 is 0 Å². The van der Waals surface area contributed by atoms with Crippen LogP contribution >= 0.6 is 0 Å². The molecule has 0 bridgehead atoms. The highest BCUT2D eigenvalue weighted by atomic mass is 16.3. The minimum atomic E-state index is -0.278. The largest absolute Gasteiger partial charge is 0.391 e. The molecule has 1 aromatic carbocycles. The molecule has 27 heavy (non-hydrogen) atoms. The molecular weight excluding hydrogens is 340 g/mol. The number of carbonyl (C=O) groups excluding carboxylic acids is 1. The molecule has 3 aliphatic rings. The van der Waals surface area contributed by atoms with Gasteiger partial charge in [0, 0.05) is 38.8 Å². The topological polar surface area (TPSA) is 61.6 Å². The van der Waals surface area contributed by atoms with E-state index in [0.717, 1.165) is 55.0 Å². The fraction of sp³-hybridized carbons (Fsp3) is 0.619. The predicted octanol–water partition coefficient (Wildman–Crippen LogP) is 2.55. The highest BCUT2D eigenvalue weighted by Gasteiger charge is 2.41. The summed E-state index contributed by atoms with van der Waals surface area (Å²) in [6.07, 6.45) is 6.85. The zero-order valence-corrected chi connectivity index (χ0v) is 16.0. The van der Waals surface area contributed by atoms with Gasteiger partial charge < -0.3 is 19.5 Å². The van der Waals surface area contributed by atoms with Crippen molar-refractivity contribution < 1.29 is 9.90 Å². The van der Waals surface area contributed by atoms with Crippen LogP contribution in [0, 0.1) is 5.41 Å². The number of amides is 1. The molecule has 6 nitrogen and oxygen atoms in total. The molecule has 1 aromatic heterocycles. The number of fused-ring (bicyclic) bond motifs is 1. The van der Waals surface area contributed by atoms with Crippen molar-refractivity contribution in [3.8, 4) is 0 Å². The summed E-state index contributed by atoms with van der Waals surface area (Å²) in [4.78, 5) is 22.0. The molecule has 0 radical (unpaired) electrons. The number of β-amino-alcohol motifs (C(OH)–C–C–N with tert-alkyl or cyclic N) is 1. The molecule has 1 atom stereocenters. The van der Waals surface area contributed by atoms with Crippen molar-refractivity contribution in [1.29, 1.82) is 0 Å². The zero-order chi connectivity index (χ0) is 18.6. The van der Waals surface area contributed by atoms with Crippen molar-refractivity contribution in [2.75, 3.05) is 31.1 Å². The molecule has 1 N–H and O–H groups in total. The molecule has 3 heterocycles. The molecule has 5 rings (SSSR count). The van der Waals surface area contributed by atoms with Crippen molar-refractivity contribution in [1.82, 2.24) is 14.5 Å². The first-order chi connectivity index (χ1) is 13.0. The fourth-order valence-electron chi connectivity index (χ4n) is 5.35. The number of nitrogens with zero attached hydrogens (tertiary/aromatic N) is 4. The molecule has 1 aliphatic carbocycles. The van der Waals surface area contributed by atoms with Crippen LogP contribution in [-0.4, -0.2) is 57.7 Å². The maximum Gasteiger partial charge on any atom is 0.253 e. The third kappa shape index (κ3) is 2.81. The third-order valence-electron chi connectivity index (χ3n) is 6.94. The van der Waals surface area contributed by atoms with Gasteiger partial charge in [-0.05, 0) is 49.3 Å². The van der Waals surface area contributed by atoms with Gasteiger partial charge in [-0.3, -0.25) is 4.79 Å². The summed E-state index contributed by atoms with van der Waals surface area (Å²) >= 11 is 0. The lowest BCUT2D eigenvalue weighted by Crippen LogP contribution is -2.31. The van der Waals surface area contributed by atoms with E-state index in [1.807, 2.05) is 30.1 Å². The quantitative estimate of drug-likeness (QED) is 0.885. The monoisotopic (exact) mass is 368 g/mol. The van der Waals surface area contributed by atoms with Crippen LogP contribution in [0.1, 0.15) is 48.9 Å². The number of benzene rings is 1. The van der Waals surface area contributed by atoms with Crippen LogP contribution in [-0.2, 0) is 7.05 Å². The maximum atomic E-state index is 13.1. The van der Waals surface area contributed by atoms with Gasteiger partial charge in [-0.25, -0.2) is 4.98 Å². The second kappa shape index (κ2) is 6.23. The van der Waals surface area contributed by atoms with Crippen LogP contribution in [0.5, 0.6) is 0 Å². The Balaban J connectivity index is 1.40. The average Bonchev–Trinajstić information content (AvgIpc) is 3.44. The minimum Gasteiger partial charge on any atom is -0.391 e. The fourth-order valence-corrected chi connectivity index (χ4v) is 5.35. The summed E-state index contributed by atoms with van der Waals surface area (Å²) in [5.74, 6) is 1.02. The molecule has 1 spiro atoms. The van der Waals surface area contributed by atoms with E-state index >= 15 is 0 Å². The molecule has 1 saturated carbocycles. The van der Waals surface area contributed by atoms with Gasteiger partial charge in [0.1, 0.15) is 0 Å². The van der Waals surface area contributed by atoms with Crippen LogP contribution in [0.15, 0.2) is 18.2 Å². The molecule has 0 unspecified atom stereocenters. The van der Waals surface area contributed by atoms with Gasteiger partial charge in [-0.15, -0.1) is 0 Å². The van der Waals surface area contributed by atoms with E-state index < -0.39 is 0 Å². The number of hydrogen-bond donors (Lipinski definition) is 1. The number of aryl methyl sites for hydroxylation is 1. The molecule has 2 aliphatic heterocycles. The first-order valence-corrected chi connectivity index (χ1v) is 10.2. The number of imidazole rings is 1. The standard InChI is InChI=1S/C21H28N4O2/c1-23-18-5-4-15(12-17(18)22-20(23)24-10-6-16(26)13-24)19(27)25-11-9-21(14-25)7-2-3-8-21/h4-5,12,16,26H,2-3,6-11,13-14H2,1H3/t16-/m0/s1. The maximum absolute atomic E-state index is 13.1. The van der Waals surface area contributed by atoms with Gasteiger partial charge in [-0.2, -0.15) is 0 Å². The molecular formula is C21H28N4O2. The summed E-state index contributed by atoms with van der Waals surface area (Å²) in [6, 6.07) is 5.88. The van der Waals surface area contributed by atoms with Gasteiger partial charge in [0.25, 0.3) is 5.91 Å². The van der Waals surface area contributed by atoms with Crippen LogP contribution in [0.2, 0.25) is 0 Å². The zero-order valence-electron chi connectivity index (χ0n) is 16.0. The van der Waals surface area contributed by atoms with E-state index in [1.54, 1.807) is 0 Å². The van der Waals surface area contributed by atoms with E-state index in [0.29, 0.717) is 12.0 Å². The van der Waals surface area contributed by atoms with E-state index in [-0.39, 0.29) is 12.0 Å². The highest BCUT2D eigenvalue weighted by Crippen LogP contribution is 2.45. The lowest BCUT2D eigenvalue weighted by molar-refractivity contribution is 0.0773. The number of carbonyl (C=O) groups is 1. The first kappa shape index (κ1) is 17.0. The number of aliphatic hydroxyl groups excluding tert-OH is 1. The van der Waals surface area contributed by atoms with Crippen molar-refractivity contribution in [2.24, 2.45) is 12.5 Å². The number of hydrogen-bond acceptors (Lipinski definition) is 4. The molecule has 2 saturated heterocycles. The van der Waals surface area contributed by atoms with Gasteiger partial charge in [0.15, 0.2) is 0 Å². The molecule has 6 heteroatoms. The second-order valence-corrected chi connectivity index (χ2v) is 8.75. The van der Waals surface area contributed by atoms with Crippen molar-refractivity contribution in [2.45, 2.75) is 44.6 Å². The Labute approximate surface area is 159 Å². The highest BCUT2D eigenvalue weighted by molar-refractivity contribution is 5.98. The van der Waals surface area contributed by atoms with Gasteiger partial charge in [0.2, 0.25) is 5.95 Å².